The minimum Gasteiger partial charge on any atom is -0.355 e. The molecular formula is C15H29N3O. The summed E-state index contributed by atoms with van der Waals surface area (Å²) in [7, 11) is 0. The van der Waals surface area contributed by atoms with Crippen molar-refractivity contribution in [3.05, 3.63) is 0 Å². The van der Waals surface area contributed by atoms with Crippen molar-refractivity contribution in [2.24, 2.45) is 5.92 Å². The number of nitrogens with one attached hydrogen (secondary N) is 2. The number of nitrogens with zero attached hydrogens (tertiary/aromatic N) is 1. The fourth-order valence-corrected chi connectivity index (χ4v) is 3.22. The van der Waals surface area contributed by atoms with E-state index in [1.165, 1.54) is 19.3 Å². The summed E-state index contributed by atoms with van der Waals surface area (Å²) in [6.45, 7) is 8.51. The molecule has 2 heterocycles. The number of piperidine rings is 1. The van der Waals surface area contributed by atoms with Crippen molar-refractivity contribution in [2.45, 2.75) is 58.0 Å². The Morgan fingerprint density at radius 1 is 1.32 bits per heavy atom. The van der Waals surface area contributed by atoms with Crippen LogP contribution >= 0.6 is 0 Å². The highest BCUT2D eigenvalue weighted by atomic mass is 16.2. The normalized spacial score (nSPS) is 30.2. The molecule has 4 nitrogen and oxygen atoms in total. The van der Waals surface area contributed by atoms with Gasteiger partial charge in [-0.25, -0.2) is 0 Å². The van der Waals surface area contributed by atoms with E-state index in [9.17, 15) is 4.79 Å². The Kier molecular flexibility index (Phi) is 5.64. The molecule has 19 heavy (non-hydrogen) atoms. The molecule has 1 amide bonds. The predicted octanol–water partition coefficient (Wildman–Crippen LogP) is 1.37. The van der Waals surface area contributed by atoms with Crippen LogP contribution in [0.4, 0.5) is 0 Å². The summed E-state index contributed by atoms with van der Waals surface area (Å²) in [6, 6.07) is 0.681. The monoisotopic (exact) mass is 267 g/mol. The lowest BCUT2D eigenvalue weighted by Crippen LogP contribution is -2.51. The minimum atomic E-state index is 0.129. The Morgan fingerprint density at radius 3 is 2.95 bits per heavy atom. The smallest absolute Gasteiger partial charge is 0.237 e. The van der Waals surface area contributed by atoms with E-state index >= 15 is 0 Å². The van der Waals surface area contributed by atoms with Gasteiger partial charge in [0.05, 0.1) is 6.04 Å². The van der Waals surface area contributed by atoms with Crippen LogP contribution in [-0.2, 0) is 4.79 Å². The van der Waals surface area contributed by atoms with Gasteiger partial charge in [0.2, 0.25) is 5.91 Å². The first kappa shape index (κ1) is 14.8. The molecule has 2 fully saturated rings. The zero-order valence-corrected chi connectivity index (χ0v) is 12.5. The highest BCUT2D eigenvalue weighted by Gasteiger charge is 2.30. The molecule has 2 saturated heterocycles. The van der Waals surface area contributed by atoms with Gasteiger partial charge in [-0.05, 0) is 51.1 Å². The fourth-order valence-electron chi connectivity index (χ4n) is 3.22. The second-order valence-corrected chi connectivity index (χ2v) is 6.37. The quantitative estimate of drug-likeness (QED) is 0.808. The van der Waals surface area contributed by atoms with Gasteiger partial charge in [-0.2, -0.15) is 0 Å². The first-order valence-electron chi connectivity index (χ1n) is 7.92. The molecule has 4 heteroatoms. The fraction of sp³-hybridized carbons (Fsp3) is 0.933. The summed E-state index contributed by atoms with van der Waals surface area (Å²) in [6.07, 6.45) is 5.87. The molecule has 110 valence electrons. The Balaban J connectivity index is 1.86. The van der Waals surface area contributed by atoms with Gasteiger partial charge < -0.3 is 10.6 Å². The highest BCUT2D eigenvalue weighted by molar-refractivity contribution is 5.81. The summed E-state index contributed by atoms with van der Waals surface area (Å²) in [5.41, 5.74) is 0. The molecule has 2 N–H and O–H groups in total. The molecule has 0 saturated carbocycles. The van der Waals surface area contributed by atoms with E-state index in [0.29, 0.717) is 12.0 Å². The molecule has 2 unspecified atom stereocenters. The molecule has 2 aliphatic heterocycles. The third-order valence-corrected chi connectivity index (χ3v) is 4.31. The Hall–Kier alpha value is -0.610. The second kappa shape index (κ2) is 7.25. The van der Waals surface area contributed by atoms with Gasteiger partial charge in [0, 0.05) is 19.1 Å². The lowest BCUT2D eigenvalue weighted by atomic mass is 9.95. The Labute approximate surface area is 117 Å². The molecule has 2 rings (SSSR count). The summed E-state index contributed by atoms with van der Waals surface area (Å²) in [4.78, 5) is 14.5. The van der Waals surface area contributed by atoms with Gasteiger partial charge in [-0.15, -0.1) is 0 Å². The van der Waals surface area contributed by atoms with Crippen LogP contribution in [0.3, 0.4) is 0 Å². The molecule has 0 spiro atoms. The molecule has 0 aliphatic carbocycles. The first-order valence-corrected chi connectivity index (χ1v) is 7.92. The van der Waals surface area contributed by atoms with E-state index in [4.69, 9.17) is 0 Å². The zero-order chi connectivity index (χ0) is 13.7. The Bertz CT molecular complexity index is 293. The van der Waals surface area contributed by atoms with Crippen molar-refractivity contribution in [1.29, 1.82) is 0 Å². The minimum absolute atomic E-state index is 0.129. The maximum absolute atomic E-state index is 12.1. The lowest BCUT2D eigenvalue weighted by molar-refractivity contribution is -0.126. The molecule has 0 bridgehead atoms. The van der Waals surface area contributed by atoms with Crippen LogP contribution in [0.15, 0.2) is 0 Å². The number of carbonyl (C=O) groups excluding carboxylic acids is 1. The van der Waals surface area contributed by atoms with Gasteiger partial charge in [-0.1, -0.05) is 13.8 Å². The number of hydrogen-bond acceptors (Lipinski definition) is 3. The maximum atomic E-state index is 12.1. The second-order valence-electron chi connectivity index (χ2n) is 6.37. The van der Waals surface area contributed by atoms with Crippen LogP contribution in [0.5, 0.6) is 0 Å². The van der Waals surface area contributed by atoms with Crippen molar-refractivity contribution in [3.8, 4) is 0 Å². The van der Waals surface area contributed by atoms with E-state index in [-0.39, 0.29) is 11.9 Å². The zero-order valence-electron chi connectivity index (χ0n) is 12.5. The molecule has 0 radical (unpaired) electrons. The summed E-state index contributed by atoms with van der Waals surface area (Å²) >= 11 is 0. The van der Waals surface area contributed by atoms with Gasteiger partial charge in [0.25, 0.3) is 0 Å². The summed E-state index contributed by atoms with van der Waals surface area (Å²) < 4.78 is 0. The van der Waals surface area contributed by atoms with Gasteiger partial charge in [0.1, 0.15) is 0 Å². The van der Waals surface area contributed by atoms with Crippen molar-refractivity contribution >= 4 is 5.91 Å². The highest BCUT2D eigenvalue weighted by Crippen LogP contribution is 2.21. The summed E-state index contributed by atoms with van der Waals surface area (Å²) in [5, 5.41) is 6.60. The van der Waals surface area contributed by atoms with Crippen LogP contribution in [-0.4, -0.2) is 49.1 Å². The average Bonchev–Trinajstić information content (AvgIpc) is 2.61. The van der Waals surface area contributed by atoms with E-state index in [0.717, 1.165) is 39.0 Å². The number of amides is 1. The average molecular weight is 267 g/mol. The maximum Gasteiger partial charge on any atom is 0.237 e. The topological polar surface area (TPSA) is 44.4 Å². The van der Waals surface area contributed by atoms with Crippen molar-refractivity contribution in [1.82, 2.24) is 15.5 Å². The van der Waals surface area contributed by atoms with Gasteiger partial charge >= 0.3 is 0 Å². The largest absolute Gasteiger partial charge is 0.355 e. The SMILES string of the molecule is CC(C)NCC1CCCN(C2CCCCNC2=O)C1. The van der Waals surface area contributed by atoms with Crippen LogP contribution in [0, 0.1) is 5.92 Å². The van der Waals surface area contributed by atoms with Gasteiger partial charge in [-0.3, -0.25) is 9.69 Å². The van der Waals surface area contributed by atoms with Gasteiger partial charge in [0.15, 0.2) is 0 Å². The lowest BCUT2D eigenvalue weighted by Gasteiger charge is -2.37. The Morgan fingerprint density at radius 2 is 2.16 bits per heavy atom. The van der Waals surface area contributed by atoms with E-state index in [2.05, 4.69) is 29.4 Å². The number of likely N-dealkylation sites (tertiary alicyclic amines) is 1. The van der Waals surface area contributed by atoms with E-state index < -0.39 is 0 Å². The molecule has 0 aromatic rings. The third kappa shape index (κ3) is 4.46. The number of carbonyl (C=O) groups is 1. The number of rotatable bonds is 4. The van der Waals surface area contributed by atoms with Crippen LogP contribution in [0.1, 0.15) is 46.0 Å². The molecule has 2 atom stereocenters. The predicted molar refractivity (Wildman–Crippen MR) is 78.1 cm³/mol. The van der Waals surface area contributed by atoms with Crippen molar-refractivity contribution in [3.63, 3.8) is 0 Å². The van der Waals surface area contributed by atoms with Crippen molar-refractivity contribution < 1.29 is 4.79 Å². The standard InChI is InChI=1S/C15H29N3O/c1-12(2)17-10-13-6-5-9-18(11-13)14-7-3-4-8-16-15(14)19/h12-14,17H,3-11H2,1-2H3,(H,16,19). The number of hydrogen-bond donors (Lipinski definition) is 2. The van der Waals surface area contributed by atoms with E-state index in [1.54, 1.807) is 0 Å². The van der Waals surface area contributed by atoms with E-state index in [1.807, 2.05) is 0 Å². The van der Waals surface area contributed by atoms with Crippen LogP contribution in [0.2, 0.25) is 0 Å². The summed E-state index contributed by atoms with van der Waals surface area (Å²) in [5.74, 6) is 0.960. The molecule has 0 aromatic carbocycles. The molecular weight excluding hydrogens is 238 g/mol. The van der Waals surface area contributed by atoms with Crippen LogP contribution in [0.25, 0.3) is 0 Å². The first-order chi connectivity index (χ1) is 9.16. The molecule has 0 aromatic heterocycles. The van der Waals surface area contributed by atoms with Crippen molar-refractivity contribution in [2.75, 3.05) is 26.2 Å². The third-order valence-electron chi connectivity index (χ3n) is 4.31. The molecule has 2 aliphatic rings. The van der Waals surface area contributed by atoms with Crippen LogP contribution < -0.4 is 10.6 Å².